The van der Waals surface area contributed by atoms with E-state index in [4.69, 9.17) is 0 Å². The van der Waals surface area contributed by atoms with E-state index < -0.39 is 0 Å². The molecule has 2 saturated heterocycles. The van der Waals surface area contributed by atoms with E-state index in [0.29, 0.717) is 0 Å². The lowest BCUT2D eigenvalue weighted by Gasteiger charge is -2.43. The van der Waals surface area contributed by atoms with Gasteiger partial charge in [-0.25, -0.2) is 0 Å². The lowest BCUT2D eigenvalue weighted by atomic mass is 9.85. The van der Waals surface area contributed by atoms with Crippen LogP contribution in [0.5, 0.6) is 0 Å². The first-order chi connectivity index (χ1) is 5.24. The molecule has 0 aromatic carbocycles. The second kappa shape index (κ2) is 2.76. The van der Waals surface area contributed by atoms with E-state index in [1.54, 1.807) is 0 Å². The van der Waals surface area contributed by atoms with Crippen LogP contribution in [0.4, 0.5) is 0 Å². The van der Waals surface area contributed by atoms with Crippen LogP contribution in [0.3, 0.4) is 0 Å². The van der Waals surface area contributed by atoms with Gasteiger partial charge in [-0.05, 0) is 32.4 Å². The van der Waals surface area contributed by atoms with Crippen molar-refractivity contribution in [2.75, 3.05) is 40.3 Å². The number of nitrogens with zero attached hydrogens (tertiary/aromatic N) is 2. The third-order valence-electron chi connectivity index (χ3n) is 2.95. The number of hydrogen-bond acceptors (Lipinski definition) is 2. The molecule has 11 heavy (non-hydrogen) atoms. The van der Waals surface area contributed by atoms with E-state index in [2.05, 4.69) is 23.9 Å². The van der Waals surface area contributed by atoms with Gasteiger partial charge in [0.05, 0.1) is 0 Å². The molecule has 0 amide bonds. The maximum atomic E-state index is 2.41. The molecule has 2 heterocycles. The van der Waals surface area contributed by atoms with Gasteiger partial charge in [0.15, 0.2) is 0 Å². The van der Waals surface area contributed by atoms with Crippen molar-refractivity contribution in [3.8, 4) is 0 Å². The molecule has 0 spiro atoms. The zero-order valence-corrected chi connectivity index (χ0v) is 7.58. The summed E-state index contributed by atoms with van der Waals surface area (Å²) in [6.07, 6.45) is 1.48. The van der Waals surface area contributed by atoms with Crippen LogP contribution in [0.1, 0.15) is 6.42 Å². The van der Waals surface area contributed by atoms with E-state index in [1.807, 2.05) is 0 Å². The van der Waals surface area contributed by atoms with Crippen LogP contribution >= 0.6 is 0 Å². The molecule has 2 nitrogen and oxygen atoms in total. The molecule has 0 unspecified atom stereocenters. The Labute approximate surface area is 69.2 Å². The second-order valence-electron chi connectivity index (χ2n) is 4.41. The highest BCUT2D eigenvalue weighted by atomic mass is 15.2. The molecule has 0 bridgehead atoms. The number of hydrogen-bond donors (Lipinski definition) is 0. The van der Waals surface area contributed by atoms with Crippen molar-refractivity contribution in [2.45, 2.75) is 6.42 Å². The summed E-state index contributed by atoms with van der Waals surface area (Å²) in [5.41, 5.74) is 0. The lowest BCUT2D eigenvalue weighted by molar-refractivity contribution is 0.0569. The Morgan fingerprint density at radius 2 is 1.27 bits per heavy atom. The van der Waals surface area contributed by atoms with Crippen LogP contribution < -0.4 is 0 Å². The van der Waals surface area contributed by atoms with Crippen molar-refractivity contribution in [1.29, 1.82) is 0 Å². The van der Waals surface area contributed by atoms with Gasteiger partial charge in [0.25, 0.3) is 0 Å². The van der Waals surface area contributed by atoms with Gasteiger partial charge in [-0.15, -0.1) is 0 Å². The molecule has 0 N–H and O–H groups in total. The van der Waals surface area contributed by atoms with E-state index in [0.717, 1.165) is 11.8 Å². The summed E-state index contributed by atoms with van der Waals surface area (Å²) in [6, 6.07) is 0. The van der Waals surface area contributed by atoms with Gasteiger partial charge in [-0.1, -0.05) is 0 Å². The van der Waals surface area contributed by atoms with Gasteiger partial charge in [0.2, 0.25) is 0 Å². The smallest absolute Gasteiger partial charge is 0.00191 e. The van der Waals surface area contributed by atoms with Crippen molar-refractivity contribution < 1.29 is 0 Å². The Morgan fingerprint density at radius 1 is 0.909 bits per heavy atom. The highest BCUT2D eigenvalue weighted by Crippen LogP contribution is 2.26. The average molecular weight is 154 g/mol. The molecular weight excluding hydrogens is 136 g/mol. The highest BCUT2D eigenvalue weighted by molar-refractivity contribution is 4.84. The summed E-state index contributed by atoms with van der Waals surface area (Å²) in [5.74, 6) is 2.05. The van der Waals surface area contributed by atoms with E-state index in [9.17, 15) is 0 Å². The molecule has 0 saturated carbocycles. The third-order valence-corrected chi connectivity index (χ3v) is 2.95. The maximum Gasteiger partial charge on any atom is 0.00191 e. The van der Waals surface area contributed by atoms with Crippen molar-refractivity contribution in [3.63, 3.8) is 0 Å². The quantitative estimate of drug-likeness (QED) is 0.571. The number of rotatable bonds is 2. The Morgan fingerprint density at radius 3 is 1.55 bits per heavy atom. The van der Waals surface area contributed by atoms with E-state index >= 15 is 0 Å². The molecule has 2 fully saturated rings. The highest BCUT2D eigenvalue weighted by Gasteiger charge is 2.30. The molecule has 0 radical (unpaired) electrons. The largest absolute Gasteiger partial charge is 0.306 e. The van der Waals surface area contributed by atoms with Crippen LogP contribution in [0.2, 0.25) is 0 Å². The summed E-state index contributed by atoms with van der Waals surface area (Å²) in [4.78, 5) is 4.82. The van der Waals surface area contributed by atoms with Crippen molar-refractivity contribution in [3.05, 3.63) is 0 Å². The third kappa shape index (κ3) is 1.57. The summed E-state index contributed by atoms with van der Waals surface area (Å²) < 4.78 is 0. The van der Waals surface area contributed by atoms with Crippen LogP contribution in [0, 0.1) is 11.8 Å². The van der Waals surface area contributed by atoms with Gasteiger partial charge in [-0.2, -0.15) is 0 Å². The molecular formula is C9H18N2. The Kier molecular flexibility index (Phi) is 1.90. The second-order valence-corrected chi connectivity index (χ2v) is 4.41. The standard InChI is InChI=1S/C9H18N2/c1-10-4-8(5-10)3-9-6-11(2)7-9/h8-9H,3-7H2,1-2H3. The zero-order chi connectivity index (χ0) is 7.84. The summed E-state index contributed by atoms with van der Waals surface area (Å²) in [5, 5.41) is 0. The molecule has 2 aliphatic rings. The summed E-state index contributed by atoms with van der Waals surface area (Å²) in [7, 11) is 4.42. The normalized spacial score (nSPS) is 30.0. The molecule has 2 aliphatic heterocycles. The first-order valence-electron chi connectivity index (χ1n) is 4.61. The molecule has 2 rings (SSSR count). The lowest BCUT2D eigenvalue weighted by Crippen LogP contribution is -2.50. The van der Waals surface area contributed by atoms with Crippen molar-refractivity contribution in [1.82, 2.24) is 9.80 Å². The molecule has 0 aromatic rings. The monoisotopic (exact) mass is 154 g/mol. The molecule has 2 heteroatoms. The summed E-state index contributed by atoms with van der Waals surface area (Å²) in [6.45, 7) is 5.39. The van der Waals surface area contributed by atoms with Crippen LogP contribution in [0.25, 0.3) is 0 Å². The molecule has 64 valence electrons. The van der Waals surface area contributed by atoms with Crippen molar-refractivity contribution in [2.24, 2.45) is 11.8 Å². The first kappa shape index (κ1) is 7.56. The zero-order valence-electron chi connectivity index (χ0n) is 7.58. The maximum absolute atomic E-state index is 2.41. The van der Waals surface area contributed by atoms with Gasteiger partial charge >= 0.3 is 0 Å². The van der Waals surface area contributed by atoms with Gasteiger partial charge in [0, 0.05) is 26.2 Å². The fraction of sp³-hybridized carbons (Fsp3) is 1.00. The van der Waals surface area contributed by atoms with Crippen molar-refractivity contribution >= 4 is 0 Å². The fourth-order valence-electron chi connectivity index (χ4n) is 2.43. The minimum absolute atomic E-state index is 1.03. The predicted octanol–water partition coefficient (Wildman–Crippen LogP) is 0.500. The Hall–Kier alpha value is -0.0800. The minimum Gasteiger partial charge on any atom is -0.306 e. The van der Waals surface area contributed by atoms with Crippen LogP contribution in [-0.4, -0.2) is 50.1 Å². The van der Waals surface area contributed by atoms with Gasteiger partial charge in [0.1, 0.15) is 0 Å². The Bertz CT molecular complexity index is 118. The fourth-order valence-corrected chi connectivity index (χ4v) is 2.43. The van der Waals surface area contributed by atoms with E-state index in [-0.39, 0.29) is 0 Å². The predicted molar refractivity (Wildman–Crippen MR) is 46.6 cm³/mol. The number of likely N-dealkylation sites (tertiary alicyclic amines) is 2. The molecule has 0 aliphatic carbocycles. The van der Waals surface area contributed by atoms with Crippen LogP contribution in [0.15, 0.2) is 0 Å². The average Bonchev–Trinajstić information content (AvgIpc) is 1.81. The summed E-state index contributed by atoms with van der Waals surface area (Å²) >= 11 is 0. The minimum atomic E-state index is 1.03. The van der Waals surface area contributed by atoms with Gasteiger partial charge in [-0.3, -0.25) is 0 Å². The first-order valence-corrected chi connectivity index (χ1v) is 4.61. The topological polar surface area (TPSA) is 6.48 Å². The Balaban J connectivity index is 1.61. The molecule has 0 aromatic heterocycles. The van der Waals surface area contributed by atoms with E-state index in [1.165, 1.54) is 32.6 Å². The van der Waals surface area contributed by atoms with Gasteiger partial charge < -0.3 is 9.80 Å². The molecule has 0 atom stereocenters. The SMILES string of the molecule is CN1CC(CC2CN(C)C2)C1. The van der Waals surface area contributed by atoms with Crippen LogP contribution in [-0.2, 0) is 0 Å².